The highest BCUT2D eigenvalue weighted by Crippen LogP contribution is 2.67. The van der Waals surface area contributed by atoms with Gasteiger partial charge in [0, 0.05) is 13.1 Å². The maximum atomic E-state index is 11.2. The van der Waals surface area contributed by atoms with Crippen LogP contribution >= 0.6 is 0 Å². The molecule has 0 aromatic carbocycles. The van der Waals surface area contributed by atoms with Crippen molar-refractivity contribution >= 4 is 0 Å². The summed E-state index contributed by atoms with van der Waals surface area (Å²) in [6.07, 6.45) is 20.4. The summed E-state index contributed by atoms with van der Waals surface area (Å²) < 4.78 is 6.43. The Morgan fingerprint density at radius 3 is 2.41 bits per heavy atom. The molecule has 3 fully saturated rings. The van der Waals surface area contributed by atoms with Gasteiger partial charge in [-0.1, -0.05) is 65.5 Å². The molecule has 4 rings (SSSR count). The fourth-order valence-electron chi connectivity index (χ4n) is 10.6. The van der Waals surface area contributed by atoms with E-state index in [1.807, 2.05) is 0 Å². The Morgan fingerprint density at radius 1 is 0.909 bits per heavy atom. The maximum Gasteiger partial charge on any atom is 0.216 e. The third kappa shape index (κ3) is 8.69. The Kier molecular flexibility index (Phi) is 14.1. The molecule has 0 bridgehead atoms. The lowest BCUT2D eigenvalue weighted by Crippen LogP contribution is -2.51. The lowest BCUT2D eigenvalue weighted by atomic mass is 9.47. The van der Waals surface area contributed by atoms with Crippen LogP contribution in [-0.2, 0) is 4.74 Å². The van der Waals surface area contributed by atoms with Gasteiger partial charge in [0.25, 0.3) is 0 Å². The molecule has 6 heteroatoms. The number of nitrogens with zero attached hydrogens (tertiary/aromatic N) is 1. The van der Waals surface area contributed by atoms with Gasteiger partial charge in [0.15, 0.2) is 0 Å². The van der Waals surface area contributed by atoms with E-state index in [-0.39, 0.29) is 6.10 Å². The van der Waals surface area contributed by atoms with Gasteiger partial charge in [-0.3, -0.25) is 4.90 Å². The van der Waals surface area contributed by atoms with Crippen molar-refractivity contribution < 1.29 is 9.84 Å². The number of rotatable bonds is 19. The zero-order valence-corrected chi connectivity index (χ0v) is 29.5. The second kappa shape index (κ2) is 17.1. The summed E-state index contributed by atoms with van der Waals surface area (Å²) in [4.78, 5) is 2.11. The molecule has 0 aromatic rings. The highest BCUT2D eigenvalue weighted by molar-refractivity contribution is 5.25. The highest BCUT2D eigenvalue weighted by Gasteiger charge is 2.59. The minimum absolute atomic E-state index is 0.107. The SMILES string of the molecule is CC(C)CCC[C@@H](C)[C@H]1CC[C@H]2C3CC=C4CC(OC(O)N(CCCN)CCCCNCCCN)CCC4(C)[C@H]3CC[C@]12C. The minimum Gasteiger partial charge on any atom is -0.356 e. The Balaban J connectivity index is 1.32. The summed E-state index contributed by atoms with van der Waals surface area (Å²) in [7, 11) is 0. The zero-order chi connectivity index (χ0) is 31.7. The van der Waals surface area contributed by atoms with Crippen LogP contribution in [0.15, 0.2) is 11.6 Å². The van der Waals surface area contributed by atoms with Crippen LogP contribution in [-0.4, -0.2) is 61.8 Å². The largest absolute Gasteiger partial charge is 0.356 e. The number of hydrogen-bond acceptors (Lipinski definition) is 6. The van der Waals surface area contributed by atoms with Crippen LogP contribution in [0.3, 0.4) is 0 Å². The Labute approximate surface area is 271 Å². The Morgan fingerprint density at radius 2 is 1.66 bits per heavy atom. The summed E-state index contributed by atoms with van der Waals surface area (Å²) >= 11 is 0. The lowest BCUT2D eigenvalue weighted by Gasteiger charge is -2.58. The van der Waals surface area contributed by atoms with Crippen molar-refractivity contribution in [3.63, 3.8) is 0 Å². The Bertz CT molecular complexity index is 881. The average molecular weight is 617 g/mol. The third-order valence-electron chi connectivity index (χ3n) is 13.1. The molecule has 6 nitrogen and oxygen atoms in total. The Hall–Kier alpha value is -0.500. The zero-order valence-electron chi connectivity index (χ0n) is 29.5. The van der Waals surface area contributed by atoms with Crippen molar-refractivity contribution in [3.05, 3.63) is 11.6 Å². The lowest BCUT2D eigenvalue weighted by molar-refractivity contribution is -0.224. The van der Waals surface area contributed by atoms with Gasteiger partial charge in [0.05, 0.1) is 6.10 Å². The van der Waals surface area contributed by atoms with Crippen LogP contribution in [0.2, 0.25) is 0 Å². The van der Waals surface area contributed by atoms with Crippen molar-refractivity contribution in [1.29, 1.82) is 0 Å². The number of fused-ring (bicyclic) bond motifs is 5. The average Bonchev–Trinajstić information content (AvgIpc) is 3.35. The predicted octanol–water partition coefficient (Wildman–Crippen LogP) is 7.06. The van der Waals surface area contributed by atoms with Crippen LogP contribution in [0.4, 0.5) is 0 Å². The van der Waals surface area contributed by atoms with E-state index in [0.29, 0.717) is 17.4 Å². The first-order valence-corrected chi connectivity index (χ1v) is 19.0. The number of ether oxygens (including phenoxy) is 1. The van der Waals surface area contributed by atoms with Crippen LogP contribution in [0.5, 0.6) is 0 Å². The summed E-state index contributed by atoms with van der Waals surface area (Å²) in [5.41, 5.74) is 13.9. The van der Waals surface area contributed by atoms with Gasteiger partial charge in [0.2, 0.25) is 6.41 Å². The van der Waals surface area contributed by atoms with Gasteiger partial charge in [-0.25, -0.2) is 0 Å². The first-order valence-electron chi connectivity index (χ1n) is 19.0. The summed E-state index contributed by atoms with van der Waals surface area (Å²) in [6, 6.07) is 0. The molecule has 256 valence electrons. The molecular formula is C38H72N4O2. The monoisotopic (exact) mass is 617 g/mol. The van der Waals surface area contributed by atoms with Gasteiger partial charge in [0.1, 0.15) is 0 Å². The van der Waals surface area contributed by atoms with Crippen LogP contribution in [0, 0.1) is 46.3 Å². The predicted molar refractivity (Wildman–Crippen MR) is 185 cm³/mol. The first kappa shape index (κ1) is 36.3. The fraction of sp³-hybridized carbons (Fsp3) is 0.947. The second-order valence-corrected chi connectivity index (χ2v) is 16.4. The van der Waals surface area contributed by atoms with Gasteiger partial charge in [-0.2, -0.15) is 0 Å². The van der Waals surface area contributed by atoms with E-state index in [0.717, 1.165) is 107 Å². The molecule has 4 unspecified atom stereocenters. The quantitative estimate of drug-likeness (QED) is 0.0705. The topological polar surface area (TPSA) is 96.8 Å². The van der Waals surface area contributed by atoms with Crippen molar-refractivity contribution in [2.45, 2.75) is 143 Å². The number of nitrogens with one attached hydrogen (secondary N) is 1. The smallest absolute Gasteiger partial charge is 0.216 e. The van der Waals surface area contributed by atoms with E-state index in [2.05, 4.69) is 50.9 Å². The number of nitrogens with two attached hydrogens (primary N) is 2. The molecule has 0 aliphatic heterocycles. The number of aliphatic hydroxyl groups excluding tert-OH is 1. The molecule has 4 aliphatic rings. The molecule has 44 heavy (non-hydrogen) atoms. The third-order valence-corrected chi connectivity index (χ3v) is 13.1. The second-order valence-electron chi connectivity index (χ2n) is 16.4. The number of unbranched alkanes of at least 4 members (excludes halogenated alkanes) is 1. The normalized spacial score (nSPS) is 34.9. The van der Waals surface area contributed by atoms with Crippen molar-refractivity contribution in [3.8, 4) is 0 Å². The van der Waals surface area contributed by atoms with E-state index < -0.39 is 6.41 Å². The van der Waals surface area contributed by atoms with Crippen molar-refractivity contribution in [2.24, 2.45) is 57.8 Å². The molecular weight excluding hydrogens is 544 g/mol. The van der Waals surface area contributed by atoms with E-state index >= 15 is 0 Å². The molecule has 0 amide bonds. The summed E-state index contributed by atoms with van der Waals surface area (Å²) in [6.45, 7) is 17.6. The van der Waals surface area contributed by atoms with Crippen LogP contribution in [0.25, 0.3) is 0 Å². The molecule has 0 radical (unpaired) electrons. The fourth-order valence-corrected chi connectivity index (χ4v) is 10.6. The standard InChI is InChI=1S/C38H72N4O2/c1-28(2)11-8-12-29(3)33-15-16-34-32-14-13-30-27-31(17-19-37(30,4)35(32)18-20-38(33,34)5)44-36(43)42(26-10-22-40)25-7-6-23-41-24-9-21-39/h13,28-29,31-36,41,43H,6-12,14-27,39-40H2,1-5H3/t29-,31?,32?,33-,34+,35+,36?,37?,38-/m1/s1. The number of aliphatic hydroxyl groups is 1. The van der Waals surface area contributed by atoms with E-state index in [4.69, 9.17) is 16.2 Å². The summed E-state index contributed by atoms with van der Waals surface area (Å²) in [5, 5.41) is 14.7. The molecule has 0 spiro atoms. The van der Waals surface area contributed by atoms with Crippen molar-refractivity contribution in [1.82, 2.24) is 10.2 Å². The van der Waals surface area contributed by atoms with Crippen LogP contribution < -0.4 is 16.8 Å². The van der Waals surface area contributed by atoms with E-state index in [1.165, 1.54) is 57.8 Å². The number of hydrogen-bond donors (Lipinski definition) is 4. The molecule has 0 saturated heterocycles. The molecule has 9 atom stereocenters. The summed E-state index contributed by atoms with van der Waals surface area (Å²) in [5.74, 6) is 5.19. The highest BCUT2D eigenvalue weighted by atomic mass is 16.6. The number of allylic oxidation sites excluding steroid dienone is 1. The van der Waals surface area contributed by atoms with Gasteiger partial charge in [-0.15, -0.1) is 0 Å². The van der Waals surface area contributed by atoms with Crippen molar-refractivity contribution in [2.75, 3.05) is 39.3 Å². The molecule has 4 aliphatic carbocycles. The van der Waals surface area contributed by atoms with Gasteiger partial charge < -0.3 is 26.6 Å². The molecule has 6 N–H and O–H groups in total. The first-order chi connectivity index (χ1) is 21.1. The molecule has 0 heterocycles. The van der Waals surface area contributed by atoms with E-state index in [9.17, 15) is 5.11 Å². The van der Waals surface area contributed by atoms with Gasteiger partial charge >= 0.3 is 0 Å². The maximum absolute atomic E-state index is 11.2. The van der Waals surface area contributed by atoms with E-state index in [1.54, 1.807) is 5.57 Å². The molecule has 0 aromatic heterocycles. The van der Waals surface area contributed by atoms with Gasteiger partial charge in [-0.05, 0) is 150 Å². The van der Waals surface area contributed by atoms with Crippen LogP contribution in [0.1, 0.15) is 131 Å². The minimum atomic E-state index is -0.841. The molecule has 3 saturated carbocycles.